The van der Waals surface area contributed by atoms with Gasteiger partial charge in [0, 0.05) is 12.0 Å². The zero-order chi connectivity index (χ0) is 16.8. The van der Waals surface area contributed by atoms with Crippen LogP contribution in [-0.4, -0.2) is 18.4 Å². The summed E-state index contributed by atoms with van der Waals surface area (Å²) in [7, 11) is 0. The largest absolute Gasteiger partial charge is 0.462 e. The molecule has 0 radical (unpaired) electrons. The SMILES string of the molecule is CCOC(=O)c1ccc(C(=O)CCc2ccc(C)cc2C)cc1. The van der Waals surface area contributed by atoms with E-state index in [0.717, 1.165) is 6.42 Å². The predicted octanol–water partition coefficient (Wildman–Crippen LogP) is 4.30. The summed E-state index contributed by atoms with van der Waals surface area (Å²) in [5.41, 5.74) is 4.75. The van der Waals surface area contributed by atoms with Crippen LogP contribution in [0.4, 0.5) is 0 Å². The highest BCUT2D eigenvalue weighted by molar-refractivity contribution is 5.97. The van der Waals surface area contributed by atoms with E-state index in [1.807, 2.05) is 0 Å². The van der Waals surface area contributed by atoms with Gasteiger partial charge in [0.15, 0.2) is 5.78 Å². The van der Waals surface area contributed by atoms with E-state index in [2.05, 4.69) is 32.0 Å². The summed E-state index contributed by atoms with van der Waals surface area (Å²) in [6, 6.07) is 13.0. The smallest absolute Gasteiger partial charge is 0.338 e. The summed E-state index contributed by atoms with van der Waals surface area (Å²) >= 11 is 0. The number of hydrogen-bond acceptors (Lipinski definition) is 3. The van der Waals surface area contributed by atoms with Gasteiger partial charge < -0.3 is 4.74 Å². The van der Waals surface area contributed by atoms with Crippen LogP contribution in [0.1, 0.15) is 50.8 Å². The molecule has 3 heteroatoms. The van der Waals surface area contributed by atoms with Gasteiger partial charge in [0.05, 0.1) is 12.2 Å². The first-order valence-corrected chi connectivity index (χ1v) is 7.87. The van der Waals surface area contributed by atoms with Crippen LogP contribution in [0, 0.1) is 13.8 Å². The third-order valence-electron chi connectivity index (χ3n) is 3.84. The zero-order valence-electron chi connectivity index (χ0n) is 13.9. The van der Waals surface area contributed by atoms with Gasteiger partial charge in [0.2, 0.25) is 0 Å². The van der Waals surface area contributed by atoms with Gasteiger partial charge in [-0.3, -0.25) is 4.79 Å². The first kappa shape index (κ1) is 16.9. The van der Waals surface area contributed by atoms with Crippen molar-refractivity contribution in [2.24, 2.45) is 0 Å². The second kappa shape index (κ2) is 7.73. The van der Waals surface area contributed by atoms with Crippen molar-refractivity contribution in [3.63, 3.8) is 0 Å². The number of Topliss-reactive ketones (excluding diaryl/α,β-unsaturated/α-hetero) is 1. The lowest BCUT2D eigenvalue weighted by molar-refractivity contribution is 0.0526. The quantitative estimate of drug-likeness (QED) is 0.590. The fourth-order valence-electron chi connectivity index (χ4n) is 2.53. The molecule has 0 N–H and O–H groups in total. The van der Waals surface area contributed by atoms with Crippen LogP contribution in [-0.2, 0) is 11.2 Å². The van der Waals surface area contributed by atoms with Gasteiger partial charge in [-0.05, 0) is 50.5 Å². The third kappa shape index (κ3) is 4.52. The molecule has 2 rings (SSSR count). The molecule has 3 nitrogen and oxygen atoms in total. The molecule has 120 valence electrons. The molecule has 0 bridgehead atoms. The van der Waals surface area contributed by atoms with Gasteiger partial charge >= 0.3 is 5.97 Å². The van der Waals surface area contributed by atoms with Crippen LogP contribution in [0.2, 0.25) is 0 Å². The Kier molecular flexibility index (Phi) is 5.69. The van der Waals surface area contributed by atoms with E-state index >= 15 is 0 Å². The molecule has 2 aromatic carbocycles. The van der Waals surface area contributed by atoms with Crippen LogP contribution >= 0.6 is 0 Å². The summed E-state index contributed by atoms with van der Waals surface area (Å²) in [4.78, 5) is 23.9. The predicted molar refractivity (Wildman–Crippen MR) is 91.0 cm³/mol. The monoisotopic (exact) mass is 310 g/mol. The number of benzene rings is 2. The number of hydrogen-bond donors (Lipinski definition) is 0. The molecule has 0 unspecified atom stereocenters. The van der Waals surface area contributed by atoms with Crippen LogP contribution in [0.3, 0.4) is 0 Å². The van der Waals surface area contributed by atoms with E-state index < -0.39 is 0 Å². The molecule has 0 aliphatic carbocycles. The minimum Gasteiger partial charge on any atom is -0.462 e. The molecule has 0 fully saturated rings. The minimum absolute atomic E-state index is 0.0837. The molecule has 0 amide bonds. The second-order valence-electron chi connectivity index (χ2n) is 5.65. The zero-order valence-corrected chi connectivity index (χ0v) is 13.9. The van der Waals surface area contributed by atoms with Crippen molar-refractivity contribution in [3.8, 4) is 0 Å². The van der Waals surface area contributed by atoms with Gasteiger partial charge in [0.25, 0.3) is 0 Å². The lowest BCUT2D eigenvalue weighted by Gasteiger charge is -2.07. The molecule has 0 aliphatic rings. The van der Waals surface area contributed by atoms with E-state index in [4.69, 9.17) is 4.74 Å². The molecular formula is C20H22O3. The van der Waals surface area contributed by atoms with Crippen molar-refractivity contribution in [1.29, 1.82) is 0 Å². The van der Waals surface area contributed by atoms with Crippen molar-refractivity contribution in [2.75, 3.05) is 6.61 Å². The Balaban J connectivity index is 1.99. The summed E-state index contributed by atoms with van der Waals surface area (Å²) in [6.45, 7) is 6.24. The Morgan fingerprint density at radius 1 is 0.957 bits per heavy atom. The van der Waals surface area contributed by atoms with Crippen LogP contribution < -0.4 is 0 Å². The van der Waals surface area contributed by atoms with Gasteiger partial charge in [-0.2, -0.15) is 0 Å². The Morgan fingerprint density at radius 2 is 1.61 bits per heavy atom. The number of carbonyl (C=O) groups is 2. The topological polar surface area (TPSA) is 43.4 Å². The molecule has 0 aromatic heterocycles. The molecule has 2 aromatic rings. The average molecular weight is 310 g/mol. The number of aryl methyl sites for hydroxylation is 3. The van der Waals surface area contributed by atoms with Gasteiger partial charge in [-0.25, -0.2) is 4.79 Å². The van der Waals surface area contributed by atoms with Crippen molar-refractivity contribution < 1.29 is 14.3 Å². The molecular weight excluding hydrogens is 288 g/mol. The molecule has 23 heavy (non-hydrogen) atoms. The van der Waals surface area contributed by atoms with Crippen molar-refractivity contribution >= 4 is 11.8 Å². The third-order valence-corrected chi connectivity index (χ3v) is 3.84. The van der Waals surface area contributed by atoms with Crippen molar-refractivity contribution in [3.05, 3.63) is 70.3 Å². The Morgan fingerprint density at radius 3 is 2.22 bits per heavy atom. The maximum Gasteiger partial charge on any atom is 0.338 e. The number of ether oxygens (including phenoxy) is 1. The molecule has 0 saturated carbocycles. The summed E-state index contributed by atoms with van der Waals surface area (Å²) in [6.07, 6.45) is 1.19. The molecule has 0 heterocycles. The fourth-order valence-corrected chi connectivity index (χ4v) is 2.53. The highest BCUT2D eigenvalue weighted by Crippen LogP contribution is 2.15. The van der Waals surface area contributed by atoms with E-state index in [1.165, 1.54) is 16.7 Å². The summed E-state index contributed by atoms with van der Waals surface area (Å²) < 4.78 is 4.93. The van der Waals surface area contributed by atoms with Crippen LogP contribution in [0.25, 0.3) is 0 Å². The normalized spacial score (nSPS) is 10.4. The molecule has 0 aliphatic heterocycles. The van der Waals surface area contributed by atoms with Crippen LogP contribution in [0.15, 0.2) is 42.5 Å². The molecule has 0 saturated heterocycles. The minimum atomic E-state index is -0.359. The second-order valence-corrected chi connectivity index (χ2v) is 5.65. The van der Waals surface area contributed by atoms with Crippen LogP contribution in [0.5, 0.6) is 0 Å². The number of ketones is 1. The Hall–Kier alpha value is -2.42. The first-order chi connectivity index (χ1) is 11.0. The van der Waals surface area contributed by atoms with E-state index in [1.54, 1.807) is 31.2 Å². The van der Waals surface area contributed by atoms with E-state index in [-0.39, 0.29) is 11.8 Å². The first-order valence-electron chi connectivity index (χ1n) is 7.87. The lowest BCUT2D eigenvalue weighted by Crippen LogP contribution is -2.06. The highest BCUT2D eigenvalue weighted by atomic mass is 16.5. The van der Waals surface area contributed by atoms with E-state index in [0.29, 0.717) is 24.2 Å². The maximum atomic E-state index is 12.3. The summed E-state index contributed by atoms with van der Waals surface area (Å²) in [5, 5.41) is 0. The van der Waals surface area contributed by atoms with Gasteiger partial charge in [0.1, 0.15) is 0 Å². The van der Waals surface area contributed by atoms with Crippen molar-refractivity contribution in [1.82, 2.24) is 0 Å². The summed E-state index contributed by atoms with van der Waals surface area (Å²) in [5.74, 6) is -0.276. The average Bonchev–Trinajstić information content (AvgIpc) is 2.54. The maximum absolute atomic E-state index is 12.3. The molecule has 0 spiro atoms. The Bertz CT molecular complexity index is 699. The van der Waals surface area contributed by atoms with Gasteiger partial charge in [-0.1, -0.05) is 35.9 Å². The lowest BCUT2D eigenvalue weighted by atomic mass is 9.98. The standard InChI is InChI=1S/C20H22O3/c1-4-23-20(22)18-9-7-17(8-10-18)19(21)12-11-16-6-5-14(2)13-15(16)3/h5-10,13H,4,11-12H2,1-3H3. The number of carbonyl (C=O) groups excluding carboxylic acids is 2. The van der Waals surface area contributed by atoms with E-state index in [9.17, 15) is 9.59 Å². The van der Waals surface area contributed by atoms with Gasteiger partial charge in [-0.15, -0.1) is 0 Å². The Labute approximate surface area is 137 Å². The van der Waals surface area contributed by atoms with Crippen molar-refractivity contribution in [2.45, 2.75) is 33.6 Å². The highest BCUT2D eigenvalue weighted by Gasteiger charge is 2.10. The fraction of sp³-hybridized carbons (Fsp3) is 0.300. The molecule has 0 atom stereocenters. The number of esters is 1. The number of rotatable bonds is 6.